The van der Waals surface area contributed by atoms with Gasteiger partial charge in [0.15, 0.2) is 0 Å². The van der Waals surface area contributed by atoms with Crippen molar-refractivity contribution in [1.29, 1.82) is 0 Å². The van der Waals surface area contributed by atoms with E-state index in [9.17, 15) is 4.79 Å². The predicted molar refractivity (Wildman–Crippen MR) is 161 cm³/mol. The number of aromatic nitrogens is 3. The molecule has 2 aromatic heterocycles. The number of ether oxygens (including phenoxy) is 3. The average molecular weight is 550 g/mol. The van der Waals surface area contributed by atoms with E-state index < -0.39 is 0 Å². The first-order valence-corrected chi connectivity index (χ1v) is 14.3. The van der Waals surface area contributed by atoms with E-state index in [1.807, 2.05) is 49.0 Å². The number of hydrogen-bond donors (Lipinski definition) is 0. The molecule has 7 heteroatoms. The molecule has 0 saturated heterocycles. The van der Waals surface area contributed by atoms with E-state index in [0.29, 0.717) is 45.1 Å². The Bertz CT molecular complexity index is 1760. The molecular weight excluding hydrogens is 514 g/mol. The number of hydrogen-bond acceptors (Lipinski definition) is 5. The number of fused-ring (bicyclic) bond motifs is 3. The van der Waals surface area contributed by atoms with Gasteiger partial charge in [0.05, 0.1) is 37.6 Å². The average Bonchev–Trinajstić information content (AvgIpc) is 3.44. The summed E-state index contributed by atoms with van der Waals surface area (Å²) in [5.74, 6) is 0.571. The highest BCUT2D eigenvalue weighted by atomic mass is 16.5. The lowest BCUT2D eigenvalue weighted by Crippen LogP contribution is -2.14. The maximum atomic E-state index is 13.5. The van der Waals surface area contributed by atoms with E-state index in [-0.39, 0.29) is 5.97 Å². The molecule has 0 atom stereocenters. The molecule has 3 heterocycles. The standard InChI is InChI=1S/C34H35N3O4/c1-4-40-34(38)33-27(17-11-21-41-30-18-9-13-24-12-5-6-14-25(24)30)26-15-10-16-28-31-23(2)36(3)35-29(31)22-39-20-8-7-19-37(33)32(26)28/h5-10,12-16,18H,4,11,17,19-22H2,1-3H3. The minimum atomic E-state index is -0.303. The summed E-state index contributed by atoms with van der Waals surface area (Å²) in [4.78, 5) is 13.5. The van der Waals surface area contributed by atoms with Crippen molar-refractivity contribution in [3.8, 4) is 16.9 Å². The maximum absolute atomic E-state index is 13.5. The molecule has 1 aliphatic rings. The van der Waals surface area contributed by atoms with Crippen LogP contribution in [-0.2, 0) is 36.1 Å². The molecule has 7 nitrogen and oxygen atoms in total. The van der Waals surface area contributed by atoms with E-state index in [1.54, 1.807) is 0 Å². The Hall–Kier alpha value is -4.36. The number of benzene rings is 3. The van der Waals surface area contributed by atoms with Crippen LogP contribution in [0.15, 0.2) is 72.8 Å². The van der Waals surface area contributed by atoms with E-state index in [4.69, 9.17) is 19.3 Å². The van der Waals surface area contributed by atoms with Crippen LogP contribution >= 0.6 is 0 Å². The molecule has 6 rings (SSSR count). The third-order valence-electron chi connectivity index (χ3n) is 7.82. The van der Waals surface area contributed by atoms with Crippen molar-refractivity contribution in [2.45, 2.75) is 39.8 Å². The number of esters is 1. The molecule has 0 spiro atoms. The predicted octanol–water partition coefficient (Wildman–Crippen LogP) is 6.78. The molecule has 5 aromatic rings. The van der Waals surface area contributed by atoms with Crippen molar-refractivity contribution >= 4 is 27.6 Å². The lowest BCUT2D eigenvalue weighted by Gasteiger charge is -2.12. The van der Waals surface area contributed by atoms with Crippen LogP contribution in [0.1, 0.15) is 40.8 Å². The smallest absolute Gasteiger partial charge is 0.355 e. The third-order valence-corrected chi connectivity index (χ3v) is 7.82. The normalized spacial score (nSPS) is 13.2. The number of para-hydroxylation sites is 1. The minimum Gasteiger partial charge on any atom is -0.493 e. The monoisotopic (exact) mass is 549 g/mol. The van der Waals surface area contributed by atoms with Crippen LogP contribution in [0.4, 0.5) is 0 Å². The van der Waals surface area contributed by atoms with Gasteiger partial charge in [0.25, 0.3) is 0 Å². The summed E-state index contributed by atoms with van der Waals surface area (Å²) in [7, 11) is 1.96. The third kappa shape index (κ3) is 5.02. The van der Waals surface area contributed by atoms with Crippen molar-refractivity contribution in [2.75, 3.05) is 19.8 Å². The molecule has 0 radical (unpaired) electrons. The largest absolute Gasteiger partial charge is 0.493 e. The topological polar surface area (TPSA) is 67.5 Å². The fourth-order valence-electron chi connectivity index (χ4n) is 5.90. The van der Waals surface area contributed by atoms with Crippen molar-refractivity contribution in [1.82, 2.24) is 14.3 Å². The second kappa shape index (κ2) is 11.6. The summed E-state index contributed by atoms with van der Waals surface area (Å²) < 4.78 is 21.8. The van der Waals surface area contributed by atoms with Crippen molar-refractivity contribution < 1.29 is 19.0 Å². The lowest BCUT2D eigenvalue weighted by molar-refractivity contribution is 0.0513. The molecule has 1 aliphatic heterocycles. The van der Waals surface area contributed by atoms with Gasteiger partial charge in [0.2, 0.25) is 0 Å². The van der Waals surface area contributed by atoms with Crippen molar-refractivity contribution in [2.24, 2.45) is 7.05 Å². The first kappa shape index (κ1) is 26.8. The van der Waals surface area contributed by atoms with Gasteiger partial charge in [0.1, 0.15) is 11.4 Å². The number of aryl methyl sites for hydroxylation is 2. The lowest BCUT2D eigenvalue weighted by atomic mass is 9.98. The first-order chi connectivity index (χ1) is 20.1. The van der Waals surface area contributed by atoms with Crippen molar-refractivity contribution in [3.63, 3.8) is 0 Å². The Morgan fingerprint density at radius 2 is 1.83 bits per heavy atom. The summed E-state index contributed by atoms with van der Waals surface area (Å²) >= 11 is 0. The Labute approximate surface area is 239 Å². The molecule has 0 amide bonds. The van der Waals surface area contributed by atoms with Crippen LogP contribution in [0.5, 0.6) is 5.75 Å². The Morgan fingerprint density at radius 1 is 1.02 bits per heavy atom. The first-order valence-electron chi connectivity index (χ1n) is 14.3. The summed E-state index contributed by atoms with van der Waals surface area (Å²) in [6.07, 6.45) is 5.49. The van der Waals surface area contributed by atoms with Gasteiger partial charge in [-0.3, -0.25) is 4.68 Å². The van der Waals surface area contributed by atoms with Gasteiger partial charge in [0, 0.05) is 41.2 Å². The van der Waals surface area contributed by atoms with Crippen LogP contribution < -0.4 is 4.74 Å². The Morgan fingerprint density at radius 3 is 2.71 bits per heavy atom. The molecule has 0 fully saturated rings. The zero-order valence-corrected chi connectivity index (χ0v) is 23.9. The van der Waals surface area contributed by atoms with Crippen molar-refractivity contribution in [3.05, 3.63) is 95.5 Å². The van der Waals surface area contributed by atoms with E-state index in [2.05, 4.69) is 54.0 Å². The number of carbonyl (C=O) groups is 1. The number of nitrogens with zero attached hydrogens (tertiary/aromatic N) is 3. The molecule has 210 valence electrons. The minimum absolute atomic E-state index is 0.303. The molecule has 0 bridgehead atoms. The van der Waals surface area contributed by atoms with Gasteiger partial charge < -0.3 is 18.8 Å². The molecule has 0 N–H and O–H groups in total. The second-order valence-corrected chi connectivity index (χ2v) is 10.3. The molecule has 0 unspecified atom stereocenters. The van der Waals surface area contributed by atoms with Crippen LogP contribution in [0.3, 0.4) is 0 Å². The van der Waals surface area contributed by atoms with Gasteiger partial charge >= 0.3 is 5.97 Å². The van der Waals surface area contributed by atoms with E-state index in [0.717, 1.165) is 61.9 Å². The quantitative estimate of drug-likeness (QED) is 0.127. The highest BCUT2D eigenvalue weighted by Crippen LogP contribution is 2.38. The highest BCUT2D eigenvalue weighted by molar-refractivity contribution is 6.05. The zero-order chi connectivity index (χ0) is 28.3. The van der Waals surface area contributed by atoms with Gasteiger partial charge in [-0.05, 0) is 43.7 Å². The maximum Gasteiger partial charge on any atom is 0.355 e. The molecule has 41 heavy (non-hydrogen) atoms. The summed E-state index contributed by atoms with van der Waals surface area (Å²) in [6, 6.07) is 20.7. The van der Waals surface area contributed by atoms with Crippen LogP contribution in [0.25, 0.3) is 32.8 Å². The molecule has 0 aliphatic carbocycles. The number of carbonyl (C=O) groups excluding carboxylic acids is 1. The van der Waals surface area contributed by atoms with Crippen LogP contribution in [0.2, 0.25) is 0 Å². The van der Waals surface area contributed by atoms with E-state index in [1.165, 1.54) is 0 Å². The second-order valence-electron chi connectivity index (χ2n) is 10.3. The van der Waals surface area contributed by atoms with Crippen LogP contribution in [-0.4, -0.2) is 40.1 Å². The summed E-state index contributed by atoms with van der Waals surface area (Å²) in [6.45, 7) is 6.20. The van der Waals surface area contributed by atoms with Gasteiger partial charge in [-0.1, -0.05) is 66.7 Å². The highest BCUT2D eigenvalue weighted by Gasteiger charge is 2.27. The molecule has 3 aromatic carbocycles. The Balaban J connectivity index is 1.43. The van der Waals surface area contributed by atoms with Gasteiger partial charge in [-0.25, -0.2) is 4.79 Å². The molecule has 0 saturated carbocycles. The van der Waals surface area contributed by atoms with Crippen LogP contribution in [0, 0.1) is 6.92 Å². The Kier molecular flexibility index (Phi) is 7.61. The fraction of sp³-hybridized carbons (Fsp3) is 0.294. The van der Waals surface area contributed by atoms with Gasteiger partial charge in [-0.15, -0.1) is 0 Å². The zero-order valence-electron chi connectivity index (χ0n) is 23.9. The van der Waals surface area contributed by atoms with Gasteiger partial charge in [-0.2, -0.15) is 5.10 Å². The summed E-state index contributed by atoms with van der Waals surface area (Å²) in [5.41, 5.74) is 6.66. The SMILES string of the molecule is CCOC(=O)c1c(CCCOc2cccc3ccccc23)c2cccc3c2n1CC=CCOCc1nn(C)c(C)c1-3. The van der Waals surface area contributed by atoms with E-state index >= 15 is 0 Å². The molecular formula is C34H35N3O4. The summed E-state index contributed by atoms with van der Waals surface area (Å²) in [5, 5.41) is 8.08. The number of rotatable bonds is 7. The number of allylic oxidation sites excluding steroid dienone is 1. The fourth-order valence-corrected chi connectivity index (χ4v) is 5.90.